The smallest absolute Gasteiger partial charge is 0.239 e. The Labute approximate surface area is 117 Å². The Bertz CT molecular complexity index is 459. The Morgan fingerprint density at radius 2 is 2.00 bits per heavy atom. The van der Waals surface area contributed by atoms with Gasteiger partial charge in [-0.05, 0) is 30.5 Å². The van der Waals surface area contributed by atoms with Gasteiger partial charge >= 0.3 is 0 Å². The summed E-state index contributed by atoms with van der Waals surface area (Å²) in [4.78, 5) is 25.0. The van der Waals surface area contributed by atoms with Crippen molar-refractivity contribution in [2.75, 3.05) is 13.1 Å². The molecule has 2 rings (SSSR count). The second kappa shape index (κ2) is 6.57. The molecule has 1 aromatic rings. The zero-order valence-corrected chi connectivity index (χ0v) is 11.4. The molecule has 19 heavy (non-hydrogen) atoms. The van der Waals surface area contributed by atoms with E-state index in [1.807, 2.05) is 12.1 Å². The van der Waals surface area contributed by atoms with Gasteiger partial charge in [0.25, 0.3) is 0 Å². The summed E-state index contributed by atoms with van der Waals surface area (Å²) in [5.74, 6) is -0.0434. The van der Waals surface area contributed by atoms with Gasteiger partial charge in [-0.2, -0.15) is 0 Å². The Hall–Kier alpha value is -1.55. The minimum Gasteiger partial charge on any atom is -0.350 e. The van der Waals surface area contributed by atoms with Gasteiger partial charge in [0, 0.05) is 24.5 Å². The third kappa shape index (κ3) is 4.24. The first-order valence-corrected chi connectivity index (χ1v) is 6.82. The first kappa shape index (κ1) is 13.9. The number of rotatable bonds is 4. The molecule has 1 heterocycles. The lowest BCUT2D eigenvalue weighted by Gasteiger charge is -2.25. The fourth-order valence-electron chi connectivity index (χ4n) is 2.06. The van der Waals surface area contributed by atoms with Crippen LogP contribution in [-0.4, -0.2) is 29.8 Å². The second-order valence-electron chi connectivity index (χ2n) is 4.68. The van der Waals surface area contributed by atoms with Crippen LogP contribution < -0.4 is 5.32 Å². The molecular weight excluding hydrogens is 264 g/mol. The standard InChI is InChI=1S/C14H17ClN2O2/c15-12-6-4-11(5-7-12)9-16-13(18)10-17-8-2-1-3-14(17)19/h4-7H,1-3,8-10H2,(H,16,18). The molecule has 1 N–H and O–H groups in total. The van der Waals surface area contributed by atoms with E-state index in [9.17, 15) is 9.59 Å². The molecule has 1 fully saturated rings. The van der Waals surface area contributed by atoms with Gasteiger partial charge in [-0.15, -0.1) is 0 Å². The molecule has 1 aromatic carbocycles. The predicted octanol–water partition coefficient (Wildman–Crippen LogP) is 1.97. The number of nitrogens with one attached hydrogen (secondary N) is 1. The average Bonchev–Trinajstić information content (AvgIpc) is 2.41. The van der Waals surface area contributed by atoms with Gasteiger partial charge in [0.2, 0.25) is 11.8 Å². The maximum absolute atomic E-state index is 11.8. The molecule has 0 aliphatic carbocycles. The minimum atomic E-state index is -0.120. The highest BCUT2D eigenvalue weighted by molar-refractivity contribution is 6.30. The van der Waals surface area contributed by atoms with Crippen LogP contribution in [0.25, 0.3) is 0 Å². The van der Waals surface area contributed by atoms with Crippen LogP contribution in [0.5, 0.6) is 0 Å². The zero-order chi connectivity index (χ0) is 13.7. The topological polar surface area (TPSA) is 49.4 Å². The van der Waals surface area contributed by atoms with Crippen molar-refractivity contribution in [2.45, 2.75) is 25.8 Å². The Balaban J connectivity index is 1.78. The molecule has 0 bridgehead atoms. The minimum absolute atomic E-state index is 0.0768. The summed E-state index contributed by atoms with van der Waals surface area (Å²) in [5.41, 5.74) is 0.989. The van der Waals surface area contributed by atoms with Gasteiger partial charge in [-0.1, -0.05) is 23.7 Å². The van der Waals surface area contributed by atoms with Crippen LogP contribution in [0.4, 0.5) is 0 Å². The number of hydrogen-bond donors (Lipinski definition) is 1. The molecule has 0 atom stereocenters. The van der Waals surface area contributed by atoms with E-state index in [4.69, 9.17) is 11.6 Å². The van der Waals surface area contributed by atoms with Gasteiger partial charge < -0.3 is 10.2 Å². The highest BCUT2D eigenvalue weighted by Crippen LogP contribution is 2.10. The van der Waals surface area contributed by atoms with E-state index in [2.05, 4.69) is 5.32 Å². The van der Waals surface area contributed by atoms with E-state index in [-0.39, 0.29) is 18.4 Å². The van der Waals surface area contributed by atoms with Crippen LogP contribution in [-0.2, 0) is 16.1 Å². The van der Waals surface area contributed by atoms with E-state index < -0.39 is 0 Å². The third-order valence-corrected chi connectivity index (χ3v) is 3.41. The summed E-state index contributed by atoms with van der Waals surface area (Å²) < 4.78 is 0. The number of nitrogens with zero attached hydrogens (tertiary/aromatic N) is 1. The van der Waals surface area contributed by atoms with E-state index in [1.54, 1.807) is 17.0 Å². The number of amides is 2. The summed E-state index contributed by atoms with van der Waals surface area (Å²) in [5, 5.41) is 3.49. The van der Waals surface area contributed by atoms with E-state index in [1.165, 1.54) is 0 Å². The molecule has 1 aliphatic rings. The van der Waals surface area contributed by atoms with Crippen LogP contribution in [0.3, 0.4) is 0 Å². The molecule has 102 valence electrons. The third-order valence-electron chi connectivity index (χ3n) is 3.16. The molecule has 0 aromatic heterocycles. The van der Waals surface area contributed by atoms with Gasteiger partial charge in [0.05, 0.1) is 6.54 Å². The number of hydrogen-bond acceptors (Lipinski definition) is 2. The van der Waals surface area contributed by atoms with Crippen LogP contribution in [0.15, 0.2) is 24.3 Å². The van der Waals surface area contributed by atoms with E-state index in [0.717, 1.165) is 18.4 Å². The lowest BCUT2D eigenvalue weighted by molar-refractivity contribution is -0.137. The lowest BCUT2D eigenvalue weighted by Crippen LogP contribution is -2.42. The number of halogens is 1. The molecular formula is C14H17ClN2O2. The number of piperidine rings is 1. The molecule has 2 amide bonds. The highest BCUT2D eigenvalue weighted by atomic mass is 35.5. The van der Waals surface area contributed by atoms with Crippen molar-refractivity contribution in [2.24, 2.45) is 0 Å². The number of carbonyl (C=O) groups is 2. The molecule has 0 spiro atoms. The summed E-state index contributed by atoms with van der Waals surface area (Å²) in [6, 6.07) is 7.32. The van der Waals surface area contributed by atoms with Gasteiger partial charge in [0.15, 0.2) is 0 Å². The Morgan fingerprint density at radius 3 is 2.68 bits per heavy atom. The van der Waals surface area contributed by atoms with Crippen molar-refractivity contribution in [1.29, 1.82) is 0 Å². The quantitative estimate of drug-likeness (QED) is 0.917. The maximum atomic E-state index is 11.8. The fraction of sp³-hybridized carbons (Fsp3) is 0.429. The van der Waals surface area contributed by atoms with Crippen molar-refractivity contribution in [3.05, 3.63) is 34.9 Å². The van der Waals surface area contributed by atoms with Crippen molar-refractivity contribution >= 4 is 23.4 Å². The van der Waals surface area contributed by atoms with Crippen molar-refractivity contribution < 1.29 is 9.59 Å². The Kier molecular flexibility index (Phi) is 4.80. The van der Waals surface area contributed by atoms with Gasteiger partial charge in [-0.25, -0.2) is 0 Å². The summed E-state index contributed by atoms with van der Waals surface area (Å²) >= 11 is 5.79. The van der Waals surface area contributed by atoms with Crippen molar-refractivity contribution in [1.82, 2.24) is 10.2 Å². The predicted molar refractivity (Wildman–Crippen MR) is 73.7 cm³/mol. The van der Waals surface area contributed by atoms with Crippen LogP contribution in [0.2, 0.25) is 5.02 Å². The SMILES string of the molecule is O=C(CN1CCCCC1=O)NCc1ccc(Cl)cc1. The maximum Gasteiger partial charge on any atom is 0.239 e. The molecule has 0 unspecified atom stereocenters. The Morgan fingerprint density at radius 1 is 1.26 bits per heavy atom. The summed E-state index contributed by atoms with van der Waals surface area (Å²) in [7, 11) is 0. The molecule has 0 radical (unpaired) electrons. The molecule has 5 heteroatoms. The average molecular weight is 281 g/mol. The molecule has 0 saturated carbocycles. The van der Waals surface area contributed by atoms with Crippen LogP contribution in [0, 0.1) is 0 Å². The monoisotopic (exact) mass is 280 g/mol. The largest absolute Gasteiger partial charge is 0.350 e. The second-order valence-corrected chi connectivity index (χ2v) is 5.11. The van der Waals surface area contributed by atoms with Gasteiger partial charge in [-0.3, -0.25) is 9.59 Å². The summed E-state index contributed by atoms with van der Waals surface area (Å²) in [6.45, 7) is 1.30. The van der Waals surface area contributed by atoms with E-state index >= 15 is 0 Å². The normalized spacial score (nSPS) is 15.4. The van der Waals surface area contributed by atoms with Crippen LogP contribution in [0.1, 0.15) is 24.8 Å². The summed E-state index contributed by atoms with van der Waals surface area (Å²) in [6.07, 6.45) is 2.47. The molecule has 4 nitrogen and oxygen atoms in total. The zero-order valence-electron chi connectivity index (χ0n) is 10.7. The first-order chi connectivity index (χ1) is 9.15. The number of likely N-dealkylation sites (tertiary alicyclic amines) is 1. The van der Waals surface area contributed by atoms with Crippen molar-refractivity contribution in [3.63, 3.8) is 0 Å². The van der Waals surface area contributed by atoms with Crippen LogP contribution >= 0.6 is 11.6 Å². The fourth-order valence-corrected chi connectivity index (χ4v) is 2.19. The molecule has 1 saturated heterocycles. The number of benzene rings is 1. The lowest BCUT2D eigenvalue weighted by atomic mass is 10.1. The highest BCUT2D eigenvalue weighted by Gasteiger charge is 2.19. The molecule has 1 aliphatic heterocycles. The van der Waals surface area contributed by atoms with Gasteiger partial charge in [0.1, 0.15) is 0 Å². The number of carbonyl (C=O) groups excluding carboxylic acids is 2. The van der Waals surface area contributed by atoms with E-state index in [0.29, 0.717) is 24.5 Å². The first-order valence-electron chi connectivity index (χ1n) is 6.44. The van der Waals surface area contributed by atoms with Crippen molar-refractivity contribution in [3.8, 4) is 0 Å².